The molecule has 5 N–H and O–H groups in total. The van der Waals surface area contributed by atoms with Crippen LogP contribution in [0.4, 0.5) is 107 Å². The number of benzene rings is 6. The number of carbonyl (C=O) groups is 5. The van der Waals surface area contributed by atoms with Gasteiger partial charge in [0.1, 0.15) is 0 Å². The van der Waals surface area contributed by atoms with Gasteiger partial charge in [-0.3, -0.25) is 24.0 Å². The molecule has 0 radical (unpaired) electrons. The topological polar surface area (TPSA) is 195 Å². The monoisotopic (exact) mass is 1280 g/mol. The molecule has 3 amide bonds. The summed E-state index contributed by atoms with van der Waals surface area (Å²) in [5, 5.41) is 15.5. The van der Waals surface area contributed by atoms with Gasteiger partial charge in [-0.25, -0.2) is 18.5 Å². The number of nitrogens with zero attached hydrogens (tertiary/aromatic N) is 4. The number of hydrogen-bond donors (Lipinski definition) is 4. The van der Waals surface area contributed by atoms with Crippen molar-refractivity contribution in [3.8, 4) is 0 Å². The molecular formula is C57H48ClF14N8NaO7. The molecule has 6 aromatic rings. The quantitative estimate of drug-likeness (QED) is 0.0134. The zero-order valence-corrected chi connectivity index (χ0v) is 50.1. The Bertz CT molecular complexity index is 3510. The number of amides is 3. The largest absolute Gasteiger partial charge is 1.00 e. The Balaban J connectivity index is 0.000000491. The molecule has 6 aromatic carbocycles. The minimum Gasteiger partial charge on any atom is -0.662 e. The second kappa shape index (κ2) is 30.4. The summed E-state index contributed by atoms with van der Waals surface area (Å²) in [4.78, 5) is 70.0. The summed E-state index contributed by atoms with van der Waals surface area (Å²) in [6.45, 7) is 18.1. The van der Waals surface area contributed by atoms with E-state index in [0.717, 1.165) is 13.8 Å². The molecule has 0 aliphatic carbocycles. The van der Waals surface area contributed by atoms with E-state index < -0.39 is 70.1 Å². The molecule has 0 aliphatic rings. The Labute approximate surface area is 520 Å². The summed E-state index contributed by atoms with van der Waals surface area (Å²) in [6.07, 6.45) is -25.0. The predicted molar refractivity (Wildman–Crippen MR) is 294 cm³/mol. The van der Waals surface area contributed by atoms with Gasteiger partial charge in [0.25, 0.3) is 29.4 Å². The van der Waals surface area contributed by atoms with E-state index in [-0.39, 0.29) is 92.0 Å². The van der Waals surface area contributed by atoms with Gasteiger partial charge in [0.15, 0.2) is 11.4 Å². The fraction of sp³-hybridized carbons (Fsp3) is 0.246. The Hall–Kier alpha value is -8.48. The van der Waals surface area contributed by atoms with Crippen molar-refractivity contribution < 1.29 is 125 Å². The van der Waals surface area contributed by atoms with E-state index in [9.17, 15) is 80.6 Å². The normalized spacial score (nSPS) is 11.3. The maximum absolute atomic E-state index is 14.6. The number of anilines is 6. The van der Waals surface area contributed by atoms with Crippen LogP contribution in [0, 0.1) is 40.8 Å². The van der Waals surface area contributed by atoms with Gasteiger partial charge in [-0.05, 0) is 97.9 Å². The molecule has 0 spiro atoms. The molecule has 31 heteroatoms. The van der Waals surface area contributed by atoms with Crippen molar-refractivity contribution in [1.82, 2.24) is 0 Å². The van der Waals surface area contributed by atoms with E-state index in [1.807, 2.05) is 0 Å². The summed E-state index contributed by atoms with van der Waals surface area (Å²) in [7, 11) is 6.87. The summed E-state index contributed by atoms with van der Waals surface area (Å²) < 4.78 is 186. The van der Waals surface area contributed by atoms with Crippen LogP contribution in [0.25, 0.3) is 9.69 Å². The molecule has 6 rings (SSSR count). The first kappa shape index (κ1) is 75.6. The molecule has 0 saturated heterocycles. The Morgan fingerprint density at radius 1 is 0.511 bits per heavy atom. The van der Waals surface area contributed by atoms with Gasteiger partial charge in [-0.1, -0.05) is 72.8 Å². The van der Waals surface area contributed by atoms with Crippen LogP contribution < -0.4 is 66.3 Å². The molecule has 0 atom stereocenters. The fourth-order valence-electron chi connectivity index (χ4n) is 7.89. The van der Waals surface area contributed by atoms with Crippen molar-refractivity contribution >= 4 is 86.5 Å². The average molecular weight is 1280 g/mol. The van der Waals surface area contributed by atoms with Crippen molar-refractivity contribution in [1.29, 1.82) is 0 Å². The van der Waals surface area contributed by atoms with Crippen LogP contribution in [0.2, 0.25) is 0 Å². The van der Waals surface area contributed by atoms with Crippen molar-refractivity contribution in [2.75, 3.05) is 59.7 Å². The van der Waals surface area contributed by atoms with Crippen LogP contribution in [0.1, 0.15) is 74.8 Å². The summed E-state index contributed by atoms with van der Waals surface area (Å²) in [5.74, 6) is -2.01. The van der Waals surface area contributed by atoms with E-state index in [0.29, 0.717) is 58.3 Å². The average Bonchev–Trinajstić information content (AvgIpc) is 0.789. The van der Waals surface area contributed by atoms with Crippen LogP contribution in [0.3, 0.4) is 0 Å². The van der Waals surface area contributed by atoms with Gasteiger partial charge in [0, 0.05) is 72.9 Å². The third-order valence-electron chi connectivity index (χ3n) is 12.2. The molecular weight excluding hydrogens is 1230 g/mol. The van der Waals surface area contributed by atoms with Gasteiger partial charge in [-0.15, -0.1) is 0 Å². The molecule has 88 heavy (non-hydrogen) atoms. The van der Waals surface area contributed by atoms with Gasteiger partial charge in [-0.2, -0.15) is 52.7 Å². The molecule has 0 aromatic heterocycles. The maximum atomic E-state index is 14.6. The number of halogens is 15. The van der Waals surface area contributed by atoms with Crippen molar-refractivity contribution in [2.45, 2.75) is 63.7 Å². The number of alkyl halides is 14. The Kier molecular flexibility index (Phi) is 26.2. The smallest absolute Gasteiger partial charge is 0.662 e. The number of nitrogens with two attached hydrogens (primary N) is 1. The number of aryl methyl sites for hydroxylation is 4. The molecule has 0 heterocycles. The number of carbonyl (C=O) groups excluding carboxylic acids is 5. The fourth-order valence-corrected chi connectivity index (χ4v) is 8.01. The van der Waals surface area contributed by atoms with Crippen molar-refractivity contribution in [2.24, 2.45) is 0 Å². The molecule has 0 aliphatic heterocycles. The summed E-state index contributed by atoms with van der Waals surface area (Å²) in [5.41, 5.74) is -6.18. The first-order valence-electron chi connectivity index (χ1n) is 24.1. The van der Waals surface area contributed by atoms with Gasteiger partial charge >= 0.3 is 65.6 Å². The maximum Gasteiger partial charge on any atom is 1.00 e. The second-order valence-corrected chi connectivity index (χ2v) is 19.1. The zero-order valence-electron chi connectivity index (χ0n) is 47.4. The van der Waals surface area contributed by atoms with E-state index in [1.54, 1.807) is 56.2 Å². The Morgan fingerprint density at radius 3 is 1.09 bits per heavy atom. The van der Waals surface area contributed by atoms with E-state index in [2.05, 4.69) is 30.5 Å². The van der Waals surface area contributed by atoms with Crippen molar-refractivity contribution in [3.63, 3.8) is 0 Å². The van der Waals surface area contributed by atoms with Crippen molar-refractivity contribution in [3.05, 3.63) is 188 Å². The Morgan fingerprint density at radius 2 is 0.807 bits per heavy atom. The van der Waals surface area contributed by atoms with E-state index in [4.69, 9.17) is 40.5 Å². The van der Waals surface area contributed by atoms with Gasteiger partial charge in [0.2, 0.25) is 0 Å². The predicted octanol–water partition coefficient (Wildman–Crippen LogP) is 11.3. The number of rotatable bonds is 12. The number of hydrogen-bond acceptors (Lipinski definition) is 10. The molecule has 15 nitrogen and oxygen atoms in total. The summed E-state index contributed by atoms with van der Waals surface area (Å²) in [6, 6.07) is 22.3. The SMILES string of the molecule is Cc1cc(C(F)(C(F)(F)F)C(F)(F)F)cc(C)c1NC(=O)c1ccc(N(C)C)c(N)c1.O=CO[O-].[C-]#[N+]c1ccc(C(=O)Cl)cc1.[C-]#[N+]c1ccc(C(=O)Nc2cc(C(=O)Nc3c(C)cc(C(F)(C(F)(F)F)C(F)(F)F)cc3C)ccc2N(C)C)cc1.[Na+]. The van der Waals surface area contributed by atoms with Crippen LogP contribution in [0.15, 0.2) is 109 Å². The van der Waals surface area contributed by atoms with Crippen LogP contribution in [0.5, 0.6) is 0 Å². The summed E-state index contributed by atoms with van der Waals surface area (Å²) >= 11 is 5.18. The first-order valence-corrected chi connectivity index (χ1v) is 24.5. The molecule has 464 valence electrons. The number of nitrogens with one attached hydrogen (secondary N) is 3. The third-order valence-corrected chi connectivity index (χ3v) is 12.4. The van der Waals surface area contributed by atoms with Crippen LogP contribution >= 0.6 is 11.6 Å². The van der Waals surface area contributed by atoms with Gasteiger partial charge in [0.05, 0.1) is 35.9 Å². The minimum absolute atomic E-state index is 0. The second-order valence-electron chi connectivity index (χ2n) is 18.7. The molecule has 0 bridgehead atoms. The molecule has 0 unspecified atom stereocenters. The third kappa shape index (κ3) is 18.1. The van der Waals surface area contributed by atoms with E-state index >= 15 is 0 Å². The minimum atomic E-state index is -6.27. The van der Waals surface area contributed by atoms with E-state index in [1.165, 1.54) is 80.6 Å². The first-order chi connectivity index (χ1) is 40.1. The number of nitrogen functional groups attached to an aromatic ring is 1. The van der Waals surface area contributed by atoms with Crippen LogP contribution in [-0.4, -0.2) is 82.3 Å². The standard InChI is InChI=1S/C28H23F7N4O2.C20H20F7N3O.C8H4ClNO.CH2O3.Na/c1-15-12-19(26(29,27(30,31)32)28(33,34)35)13-16(2)23(15)38-25(41)18-8-11-22(39(4)5)21(14-18)37-24(40)17-6-9-20(36-3)10-7-17;1-10-7-13(18(21,19(22,23)24)20(25,26)27)8-11(2)16(10)29-17(31)12-5-6-15(30(3)4)14(28)9-12;1-10-7-4-2-6(3-5-7)8(9)11;2-1-4-3;/h6-14H,1-2,4-5H3,(H,37,40)(H,38,41);5-9H,28H2,1-4H3,(H,29,31);2-5H;1,3H;/q;;;;+1/p-1. The van der Waals surface area contributed by atoms with Gasteiger partial charge < -0.3 is 41.6 Å². The van der Waals surface area contributed by atoms with Crippen LogP contribution in [-0.2, 0) is 21.0 Å². The molecule has 0 fully saturated rings. The molecule has 0 saturated carbocycles. The zero-order chi connectivity index (χ0) is 66.5.